The molecule has 2 aromatic rings. The van der Waals surface area contributed by atoms with E-state index in [9.17, 15) is 14.9 Å². The second-order valence-corrected chi connectivity index (χ2v) is 11.1. The Morgan fingerprint density at radius 3 is 2.51 bits per heavy atom. The molecule has 1 heterocycles. The van der Waals surface area contributed by atoms with Gasteiger partial charge in [0, 0.05) is 29.6 Å². The molecule has 5 rings (SSSR count). The first-order valence-electron chi connectivity index (χ1n) is 12.1. The number of hydrogen-bond acceptors (Lipinski definition) is 4. The highest BCUT2D eigenvalue weighted by atomic mass is 16.6. The number of rotatable bonds is 1. The van der Waals surface area contributed by atoms with Crippen LogP contribution in [0.5, 0.6) is 0 Å². The topological polar surface area (TPSA) is 70.4 Å². The molecule has 5 nitrogen and oxygen atoms in total. The van der Waals surface area contributed by atoms with Crippen molar-refractivity contribution < 1.29 is 14.3 Å². The van der Waals surface area contributed by atoms with Gasteiger partial charge >= 0.3 is 6.09 Å². The van der Waals surface area contributed by atoms with Crippen molar-refractivity contribution in [2.75, 3.05) is 13.1 Å². The van der Waals surface area contributed by atoms with Crippen molar-refractivity contribution in [2.45, 2.75) is 58.5 Å². The highest BCUT2D eigenvalue weighted by Gasteiger charge is 2.43. The first-order valence-corrected chi connectivity index (χ1v) is 12.1. The van der Waals surface area contributed by atoms with Crippen molar-refractivity contribution in [3.05, 3.63) is 81.4 Å². The number of benzene rings is 2. The van der Waals surface area contributed by atoms with Gasteiger partial charge in [-0.15, -0.1) is 0 Å². The van der Waals surface area contributed by atoms with Crippen molar-refractivity contribution in [1.82, 2.24) is 4.90 Å². The van der Waals surface area contributed by atoms with Gasteiger partial charge in [0.1, 0.15) is 5.60 Å². The SMILES string of the molecule is CC(C)(C)OC(=O)N1CC=C(c2ccc3c(c2)C(C)(C)C2=C(C3=O)c3ccc(C#N)cc3C2)CC1. The zero-order chi connectivity index (χ0) is 25.1. The number of fused-ring (bicyclic) bond motifs is 3. The van der Waals surface area contributed by atoms with Crippen molar-refractivity contribution in [2.24, 2.45) is 0 Å². The van der Waals surface area contributed by atoms with Gasteiger partial charge in [0.25, 0.3) is 0 Å². The van der Waals surface area contributed by atoms with E-state index in [1.807, 2.05) is 45.0 Å². The molecule has 0 radical (unpaired) electrons. The van der Waals surface area contributed by atoms with Gasteiger partial charge in [-0.2, -0.15) is 5.26 Å². The van der Waals surface area contributed by atoms with E-state index < -0.39 is 5.60 Å². The standard InChI is InChI=1S/C30H30N2O3/c1-29(2,3)35-28(34)32-12-10-19(11-13-32)20-7-9-23-24(15-20)30(4,5)25-16-21-14-18(17-31)6-8-22(21)26(25)27(23)33/h6-10,14-15H,11-13,16H2,1-5H3. The van der Waals surface area contributed by atoms with E-state index in [2.05, 4.69) is 32.1 Å². The zero-order valence-electron chi connectivity index (χ0n) is 21.0. The van der Waals surface area contributed by atoms with Gasteiger partial charge in [-0.25, -0.2) is 4.79 Å². The molecule has 2 aromatic carbocycles. The van der Waals surface area contributed by atoms with Crippen LogP contribution in [-0.2, 0) is 16.6 Å². The molecule has 35 heavy (non-hydrogen) atoms. The number of ether oxygens (including phenoxy) is 1. The number of allylic oxidation sites excluding steroid dienone is 2. The highest BCUT2D eigenvalue weighted by Crippen LogP contribution is 2.50. The van der Waals surface area contributed by atoms with Crippen molar-refractivity contribution >= 4 is 23.0 Å². The Morgan fingerprint density at radius 2 is 1.86 bits per heavy atom. The van der Waals surface area contributed by atoms with Gasteiger partial charge in [-0.1, -0.05) is 38.1 Å². The number of Topliss-reactive ketones (excluding diaryl/α,β-unsaturated/α-hetero) is 1. The predicted octanol–water partition coefficient (Wildman–Crippen LogP) is 6.07. The fourth-order valence-corrected chi connectivity index (χ4v) is 5.47. The monoisotopic (exact) mass is 466 g/mol. The summed E-state index contributed by atoms with van der Waals surface area (Å²) >= 11 is 0. The molecule has 0 bridgehead atoms. The summed E-state index contributed by atoms with van der Waals surface area (Å²) in [6, 6.07) is 14.0. The molecule has 0 atom stereocenters. The summed E-state index contributed by atoms with van der Waals surface area (Å²) in [5, 5.41) is 9.31. The van der Waals surface area contributed by atoms with E-state index in [0.29, 0.717) is 25.1 Å². The van der Waals surface area contributed by atoms with Crippen LogP contribution in [0.15, 0.2) is 48.0 Å². The van der Waals surface area contributed by atoms with Crippen LogP contribution in [0.4, 0.5) is 4.79 Å². The Morgan fingerprint density at radius 1 is 1.11 bits per heavy atom. The first kappa shape index (κ1) is 23.1. The Labute approximate surface area is 206 Å². The Hall–Kier alpha value is -3.65. The van der Waals surface area contributed by atoms with Crippen LogP contribution >= 0.6 is 0 Å². The predicted molar refractivity (Wildman–Crippen MR) is 136 cm³/mol. The van der Waals surface area contributed by atoms with E-state index in [4.69, 9.17) is 4.74 Å². The smallest absolute Gasteiger partial charge is 0.410 e. The molecule has 3 aliphatic rings. The van der Waals surface area contributed by atoms with E-state index in [-0.39, 0.29) is 17.3 Å². The lowest BCUT2D eigenvalue weighted by Crippen LogP contribution is -2.39. The van der Waals surface area contributed by atoms with Crippen LogP contribution in [0.25, 0.3) is 11.1 Å². The van der Waals surface area contributed by atoms with Crippen LogP contribution in [0.2, 0.25) is 0 Å². The molecule has 0 fully saturated rings. The van der Waals surface area contributed by atoms with Gasteiger partial charge in [-0.3, -0.25) is 4.79 Å². The minimum Gasteiger partial charge on any atom is -0.444 e. The van der Waals surface area contributed by atoms with Crippen LogP contribution in [0.1, 0.15) is 79.2 Å². The summed E-state index contributed by atoms with van der Waals surface area (Å²) in [4.78, 5) is 27.8. The number of nitriles is 1. The van der Waals surface area contributed by atoms with Crippen LogP contribution < -0.4 is 0 Å². The first-order chi connectivity index (χ1) is 16.5. The van der Waals surface area contributed by atoms with E-state index >= 15 is 0 Å². The Bertz CT molecular complexity index is 1380. The van der Waals surface area contributed by atoms with Crippen LogP contribution in [0.3, 0.4) is 0 Å². The summed E-state index contributed by atoms with van der Waals surface area (Å²) in [6.07, 6.45) is 3.23. The molecule has 0 saturated heterocycles. The summed E-state index contributed by atoms with van der Waals surface area (Å²) < 4.78 is 5.51. The molecular weight excluding hydrogens is 436 g/mol. The average Bonchev–Trinajstić information content (AvgIpc) is 3.21. The van der Waals surface area contributed by atoms with E-state index in [1.54, 1.807) is 11.0 Å². The van der Waals surface area contributed by atoms with Gasteiger partial charge in [0.05, 0.1) is 11.6 Å². The zero-order valence-corrected chi connectivity index (χ0v) is 21.0. The second kappa shape index (κ2) is 7.95. The Kier molecular flexibility index (Phi) is 5.25. The number of ketones is 1. The molecule has 178 valence electrons. The second-order valence-electron chi connectivity index (χ2n) is 11.1. The largest absolute Gasteiger partial charge is 0.444 e. The molecule has 0 spiro atoms. The minimum atomic E-state index is -0.513. The van der Waals surface area contributed by atoms with Crippen molar-refractivity contribution in [3.8, 4) is 6.07 Å². The molecule has 0 unspecified atom stereocenters. The summed E-state index contributed by atoms with van der Waals surface area (Å²) in [6.45, 7) is 11.1. The Balaban J connectivity index is 1.45. The summed E-state index contributed by atoms with van der Waals surface area (Å²) in [5.74, 6) is 0.0676. The molecule has 0 aromatic heterocycles. The number of hydrogen-bond donors (Lipinski definition) is 0. The van der Waals surface area contributed by atoms with Gasteiger partial charge in [-0.05, 0) is 85.2 Å². The molecular formula is C30H30N2O3. The third-order valence-electron chi connectivity index (χ3n) is 7.32. The van der Waals surface area contributed by atoms with E-state index in [0.717, 1.165) is 45.4 Å². The average molecular weight is 467 g/mol. The lowest BCUT2D eigenvalue weighted by molar-refractivity contribution is 0.0270. The minimum absolute atomic E-state index is 0.0676. The van der Waals surface area contributed by atoms with Gasteiger partial charge in [0.15, 0.2) is 5.78 Å². The van der Waals surface area contributed by atoms with Crippen molar-refractivity contribution in [3.63, 3.8) is 0 Å². The number of carbonyl (C=O) groups excluding carboxylic acids is 2. The molecule has 0 saturated carbocycles. The molecule has 5 heteroatoms. The lowest BCUT2D eigenvalue weighted by Gasteiger charge is -2.35. The normalized spacial score (nSPS) is 18.3. The molecule has 1 aliphatic heterocycles. The number of amides is 1. The maximum atomic E-state index is 13.6. The third-order valence-corrected chi connectivity index (χ3v) is 7.32. The van der Waals surface area contributed by atoms with Gasteiger partial charge in [0.2, 0.25) is 0 Å². The number of carbonyl (C=O) groups is 2. The maximum Gasteiger partial charge on any atom is 0.410 e. The van der Waals surface area contributed by atoms with E-state index in [1.165, 1.54) is 5.57 Å². The summed E-state index contributed by atoms with van der Waals surface area (Å²) in [7, 11) is 0. The quantitative estimate of drug-likeness (QED) is 0.512. The van der Waals surface area contributed by atoms with Crippen LogP contribution in [0, 0.1) is 11.3 Å². The highest BCUT2D eigenvalue weighted by molar-refractivity contribution is 6.33. The fraction of sp³-hybridized carbons (Fsp3) is 0.367. The molecule has 0 N–H and O–H groups in total. The van der Waals surface area contributed by atoms with Crippen LogP contribution in [-0.4, -0.2) is 35.5 Å². The molecule has 2 aliphatic carbocycles. The fourth-order valence-electron chi connectivity index (χ4n) is 5.47. The number of nitrogens with zero attached hydrogens (tertiary/aromatic N) is 2. The molecule has 1 amide bonds. The lowest BCUT2D eigenvalue weighted by atomic mass is 9.68. The van der Waals surface area contributed by atoms with Gasteiger partial charge < -0.3 is 9.64 Å². The third kappa shape index (κ3) is 3.87. The maximum absolute atomic E-state index is 13.6. The summed E-state index contributed by atoms with van der Waals surface area (Å²) in [5.41, 5.74) is 7.83. The van der Waals surface area contributed by atoms with Crippen molar-refractivity contribution in [1.29, 1.82) is 5.26 Å².